The molecule has 3 nitrogen and oxygen atoms in total. The van der Waals surface area contributed by atoms with Gasteiger partial charge in [-0.15, -0.1) is 12.6 Å². The normalized spacial score (nSPS) is 9.74. The van der Waals surface area contributed by atoms with Gasteiger partial charge < -0.3 is 4.90 Å². The summed E-state index contributed by atoms with van der Waals surface area (Å²) >= 11 is 4.22. The molecule has 0 saturated heterocycles. The zero-order chi connectivity index (χ0) is 13.8. The van der Waals surface area contributed by atoms with Crippen molar-refractivity contribution in [2.24, 2.45) is 0 Å². The van der Waals surface area contributed by atoms with Crippen LogP contribution in [0.1, 0.15) is 15.9 Å². The topological polar surface area (TPSA) is 44.1 Å². The molecule has 0 aliphatic carbocycles. The minimum atomic E-state index is -0.111. The van der Waals surface area contributed by atoms with Crippen molar-refractivity contribution in [1.29, 1.82) is 5.26 Å². The van der Waals surface area contributed by atoms with Crippen LogP contribution < -0.4 is 4.90 Å². The number of rotatable bonds is 2. The molecule has 2 aromatic carbocycles. The van der Waals surface area contributed by atoms with Crippen molar-refractivity contribution in [3.63, 3.8) is 0 Å². The minimum absolute atomic E-state index is 0.111. The van der Waals surface area contributed by atoms with Crippen LogP contribution in [0.2, 0.25) is 0 Å². The van der Waals surface area contributed by atoms with Gasteiger partial charge in [0.05, 0.1) is 11.6 Å². The lowest BCUT2D eigenvalue weighted by Gasteiger charge is -2.17. The maximum Gasteiger partial charge on any atom is 0.258 e. The Morgan fingerprint density at radius 3 is 2.47 bits per heavy atom. The molecule has 2 rings (SSSR count). The van der Waals surface area contributed by atoms with Crippen molar-refractivity contribution in [2.75, 3.05) is 11.9 Å². The average molecular weight is 268 g/mol. The molecule has 0 atom stereocenters. The molecule has 4 heteroatoms. The van der Waals surface area contributed by atoms with Crippen molar-refractivity contribution < 1.29 is 4.79 Å². The molecule has 2 aromatic rings. The minimum Gasteiger partial charge on any atom is -0.311 e. The van der Waals surface area contributed by atoms with E-state index in [1.165, 1.54) is 0 Å². The first-order chi connectivity index (χ1) is 9.11. The number of nitrogens with zero attached hydrogens (tertiary/aromatic N) is 2. The van der Waals surface area contributed by atoms with Crippen LogP contribution in [0.3, 0.4) is 0 Å². The van der Waals surface area contributed by atoms with E-state index in [-0.39, 0.29) is 5.91 Å². The molecule has 0 aromatic heterocycles. The molecule has 0 unspecified atom stereocenters. The van der Waals surface area contributed by atoms with Crippen molar-refractivity contribution >= 4 is 24.2 Å². The van der Waals surface area contributed by atoms with Gasteiger partial charge >= 0.3 is 0 Å². The molecule has 0 radical (unpaired) electrons. The van der Waals surface area contributed by atoms with Crippen molar-refractivity contribution in [3.05, 3.63) is 59.7 Å². The number of anilines is 1. The Hall–Kier alpha value is -2.25. The Morgan fingerprint density at radius 2 is 1.89 bits per heavy atom. The van der Waals surface area contributed by atoms with Crippen LogP contribution in [0.4, 0.5) is 5.69 Å². The Labute approximate surface area is 117 Å². The maximum atomic E-state index is 12.3. The van der Waals surface area contributed by atoms with Crippen LogP contribution in [-0.4, -0.2) is 13.0 Å². The fourth-order valence-electron chi connectivity index (χ4n) is 1.71. The number of benzene rings is 2. The molecule has 0 fully saturated rings. The monoisotopic (exact) mass is 268 g/mol. The van der Waals surface area contributed by atoms with Gasteiger partial charge in [0.25, 0.3) is 5.91 Å². The molecule has 0 bridgehead atoms. The van der Waals surface area contributed by atoms with Gasteiger partial charge in [-0.3, -0.25) is 4.79 Å². The summed E-state index contributed by atoms with van der Waals surface area (Å²) in [5, 5.41) is 8.75. The molecular formula is C15H12N2OS. The molecule has 0 aliphatic rings. The van der Waals surface area contributed by atoms with Crippen molar-refractivity contribution in [1.82, 2.24) is 0 Å². The van der Waals surface area contributed by atoms with E-state index in [1.807, 2.05) is 12.1 Å². The number of hydrogen-bond acceptors (Lipinski definition) is 3. The second kappa shape index (κ2) is 5.59. The van der Waals surface area contributed by atoms with Gasteiger partial charge in [-0.1, -0.05) is 6.07 Å². The molecule has 19 heavy (non-hydrogen) atoms. The highest BCUT2D eigenvalue weighted by Crippen LogP contribution is 2.17. The molecule has 0 saturated carbocycles. The van der Waals surface area contributed by atoms with E-state index in [4.69, 9.17) is 5.26 Å². The van der Waals surface area contributed by atoms with E-state index in [1.54, 1.807) is 54.4 Å². The molecule has 0 spiro atoms. The third-order valence-corrected chi connectivity index (χ3v) is 3.06. The predicted molar refractivity (Wildman–Crippen MR) is 77.6 cm³/mol. The van der Waals surface area contributed by atoms with Crippen LogP contribution in [0.5, 0.6) is 0 Å². The smallest absolute Gasteiger partial charge is 0.258 e. The lowest BCUT2D eigenvalue weighted by molar-refractivity contribution is 0.0993. The van der Waals surface area contributed by atoms with E-state index < -0.39 is 0 Å². The van der Waals surface area contributed by atoms with Gasteiger partial charge in [0.1, 0.15) is 0 Å². The second-order valence-corrected chi connectivity index (χ2v) is 4.59. The molecule has 1 amide bonds. The zero-order valence-corrected chi connectivity index (χ0v) is 11.3. The van der Waals surface area contributed by atoms with Gasteiger partial charge in [-0.05, 0) is 42.5 Å². The lowest BCUT2D eigenvalue weighted by atomic mass is 10.1. The first kappa shape index (κ1) is 13.2. The second-order valence-electron chi connectivity index (χ2n) is 4.07. The highest BCUT2D eigenvalue weighted by molar-refractivity contribution is 7.80. The zero-order valence-electron chi connectivity index (χ0n) is 10.4. The van der Waals surface area contributed by atoms with E-state index in [0.717, 1.165) is 10.6 Å². The van der Waals surface area contributed by atoms with E-state index >= 15 is 0 Å². The lowest BCUT2D eigenvalue weighted by Crippen LogP contribution is -2.26. The first-order valence-electron chi connectivity index (χ1n) is 5.69. The number of carbonyl (C=O) groups is 1. The summed E-state index contributed by atoms with van der Waals surface area (Å²) < 4.78 is 0. The van der Waals surface area contributed by atoms with E-state index in [9.17, 15) is 4.79 Å². The quantitative estimate of drug-likeness (QED) is 0.850. The summed E-state index contributed by atoms with van der Waals surface area (Å²) in [5.74, 6) is -0.111. The third-order valence-electron chi connectivity index (χ3n) is 2.78. The highest BCUT2D eigenvalue weighted by Gasteiger charge is 2.13. The summed E-state index contributed by atoms with van der Waals surface area (Å²) in [6, 6.07) is 16.0. The summed E-state index contributed by atoms with van der Waals surface area (Å²) in [5.41, 5.74) is 1.90. The molecule has 0 aliphatic heterocycles. The number of carbonyl (C=O) groups excluding carboxylic acids is 1. The standard InChI is InChI=1S/C15H12N2OS/c1-17(13-7-5-11(10-16)6-8-13)15(18)12-3-2-4-14(19)9-12/h2-9,19H,1H3. The van der Waals surface area contributed by atoms with Gasteiger partial charge in [0.15, 0.2) is 0 Å². The Balaban J connectivity index is 2.26. The Bertz CT molecular complexity index is 644. The van der Waals surface area contributed by atoms with Gasteiger partial charge in [0.2, 0.25) is 0 Å². The largest absolute Gasteiger partial charge is 0.311 e. The number of nitriles is 1. The van der Waals surface area contributed by atoms with Crippen molar-refractivity contribution in [3.8, 4) is 6.07 Å². The van der Waals surface area contributed by atoms with Crippen LogP contribution in [0, 0.1) is 11.3 Å². The van der Waals surface area contributed by atoms with Crippen LogP contribution >= 0.6 is 12.6 Å². The van der Waals surface area contributed by atoms with Gasteiger partial charge in [-0.25, -0.2) is 0 Å². The molecular weight excluding hydrogens is 256 g/mol. The van der Waals surface area contributed by atoms with Crippen LogP contribution in [0.25, 0.3) is 0 Å². The molecule has 94 valence electrons. The van der Waals surface area contributed by atoms with Crippen molar-refractivity contribution in [2.45, 2.75) is 4.90 Å². The fourth-order valence-corrected chi connectivity index (χ4v) is 1.93. The Kier molecular flexibility index (Phi) is 3.88. The Morgan fingerprint density at radius 1 is 1.21 bits per heavy atom. The van der Waals surface area contributed by atoms with E-state index in [2.05, 4.69) is 12.6 Å². The summed E-state index contributed by atoms with van der Waals surface area (Å²) in [6.07, 6.45) is 0. The fraction of sp³-hybridized carbons (Fsp3) is 0.0667. The van der Waals surface area contributed by atoms with Gasteiger partial charge in [-0.2, -0.15) is 5.26 Å². The predicted octanol–water partition coefficient (Wildman–Crippen LogP) is 3.12. The summed E-state index contributed by atoms with van der Waals surface area (Å²) in [4.78, 5) is 14.6. The molecule has 0 N–H and O–H groups in total. The van der Waals surface area contributed by atoms with Gasteiger partial charge in [0, 0.05) is 23.2 Å². The first-order valence-corrected chi connectivity index (χ1v) is 6.14. The van der Waals surface area contributed by atoms with E-state index in [0.29, 0.717) is 11.1 Å². The molecule has 0 heterocycles. The highest BCUT2D eigenvalue weighted by atomic mass is 32.1. The van der Waals surface area contributed by atoms with Crippen LogP contribution in [-0.2, 0) is 0 Å². The number of thiol groups is 1. The maximum absolute atomic E-state index is 12.3. The average Bonchev–Trinajstić information content (AvgIpc) is 2.46. The third kappa shape index (κ3) is 2.95. The summed E-state index contributed by atoms with van der Waals surface area (Å²) in [7, 11) is 1.70. The summed E-state index contributed by atoms with van der Waals surface area (Å²) in [6.45, 7) is 0. The number of amides is 1. The SMILES string of the molecule is CN(C(=O)c1cccc(S)c1)c1ccc(C#N)cc1. The van der Waals surface area contributed by atoms with Crippen LogP contribution in [0.15, 0.2) is 53.4 Å². The number of hydrogen-bond donors (Lipinski definition) is 1.